The molecule has 0 aromatic heterocycles. The number of aryl methyl sites for hydroxylation is 1. The van der Waals surface area contributed by atoms with Gasteiger partial charge < -0.3 is 15.2 Å². The Hall–Kier alpha value is -3.61. The van der Waals surface area contributed by atoms with Gasteiger partial charge in [-0.05, 0) is 49.8 Å². The highest BCUT2D eigenvalue weighted by Gasteiger charge is 2.28. The zero-order chi connectivity index (χ0) is 20.3. The molecule has 144 valence electrons. The molecule has 0 spiro atoms. The highest BCUT2D eigenvalue weighted by Crippen LogP contribution is 2.30. The van der Waals surface area contributed by atoms with Gasteiger partial charge in [-0.1, -0.05) is 23.8 Å². The Kier molecular flexibility index (Phi) is 5.44. The molecule has 0 saturated carbocycles. The van der Waals surface area contributed by atoms with Crippen LogP contribution in [0.5, 0.6) is 11.5 Å². The molecular weight excluding hydrogens is 358 g/mol. The highest BCUT2D eigenvalue weighted by atomic mass is 16.5. The molecule has 2 aromatic rings. The van der Waals surface area contributed by atoms with Crippen LogP contribution < -0.4 is 20.2 Å². The second-order valence-corrected chi connectivity index (χ2v) is 6.36. The lowest BCUT2D eigenvalue weighted by molar-refractivity contribution is -0.120. The van der Waals surface area contributed by atoms with E-state index < -0.39 is 5.91 Å². The van der Waals surface area contributed by atoms with Gasteiger partial charge in [0.2, 0.25) is 0 Å². The summed E-state index contributed by atoms with van der Waals surface area (Å²) in [4.78, 5) is 23.7. The maximum absolute atomic E-state index is 12.8. The van der Waals surface area contributed by atoms with Crippen LogP contribution in [0.15, 0.2) is 53.1 Å². The predicted octanol–water partition coefficient (Wildman–Crippen LogP) is 2.67. The fourth-order valence-corrected chi connectivity index (χ4v) is 2.75. The number of nitrogens with zero attached hydrogens (tertiary/aromatic N) is 2. The van der Waals surface area contributed by atoms with Crippen LogP contribution in [0.1, 0.15) is 18.1 Å². The molecule has 7 heteroatoms. The van der Waals surface area contributed by atoms with Crippen molar-refractivity contribution in [2.75, 3.05) is 18.7 Å². The Bertz CT molecular complexity index is 978. The Morgan fingerprint density at radius 3 is 2.50 bits per heavy atom. The molecule has 7 nitrogen and oxygen atoms in total. The van der Waals surface area contributed by atoms with E-state index in [2.05, 4.69) is 5.10 Å². The maximum Gasteiger partial charge on any atom is 0.280 e. The third-order valence-electron chi connectivity index (χ3n) is 4.21. The number of hydrogen-bond acceptors (Lipinski definition) is 5. The van der Waals surface area contributed by atoms with Crippen LogP contribution in [-0.2, 0) is 9.59 Å². The third kappa shape index (κ3) is 4.03. The van der Waals surface area contributed by atoms with Crippen molar-refractivity contribution in [3.8, 4) is 11.5 Å². The molecule has 0 saturated heterocycles. The Balaban J connectivity index is 1.87. The average Bonchev–Trinajstić information content (AvgIpc) is 2.95. The molecule has 0 atom stereocenters. The van der Waals surface area contributed by atoms with Crippen LogP contribution in [-0.4, -0.2) is 31.2 Å². The predicted molar refractivity (Wildman–Crippen MR) is 107 cm³/mol. The van der Waals surface area contributed by atoms with Gasteiger partial charge in [0.15, 0.2) is 18.1 Å². The number of methoxy groups -OCH3 is 1. The topological polar surface area (TPSA) is 94.2 Å². The fourth-order valence-electron chi connectivity index (χ4n) is 2.75. The summed E-state index contributed by atoms with van der Waals surface area (Å²) in [5.74, 6) is 0.0566. The lowest BCUT2D eigenvalue weighted by atomic mass is 10.1. The molecule has 2 aromatic carbocycles. The van der Waals surface area contributed by atoms with Crippen LogP contribution in [0.2, 0.25) is 0 Å². The summed E-state index contributed by atoms with van der Waals surface area (Å²) < 4.78 is 10.6. The first-order chi connectivity index (χ1) is 13.4. The fraction of sp³-hybridized carbons (Fsp3) is 0.190. The zero-order valence-corrected chi connectivity index (χ0v) is 15.9. The molecule has 2 amide bonds. The average molecular weight is 379 g/mol. The van der Waals surface area contributed by atoms with E-state index in [-0.39, 0.29) is 12.5 Å². The second kappa shape index (κ2) is 7.96. The number of anilines is 1. The summed E-state index contributed by atoms with van der Waals surface area (Å²) in [6.45, 7) is 3.53. The lowest BCUT2D eigenvalue weighted by Gasteiger charge is -2.12. The van der Waals surface area contributed by atoms with Crippen molar-refractivity contribution in [1.29, 1.82) is 0 Å². The first-order valence-electron chi connectivity index (χ1n) is 8.66. The molecule has 3 rings (SSSR count). The smallest absolute Gasteiger partial charge is 0.280 e. The highest BCUT2D eigenvalue weighted by molar-refractivity contribution is 6.32. The van der Waals surface area contributed by atoms with Crippen molar-refractivity contribution in [3.63, 3.8) is 0 Å². The van der Waals surface area contributed by atoms with Crippen molar-refractivity contribution < 1.29 is 19.1 Å². The van der Waals surface area contributed by atoms with Crippen molar-refractivity contribution in [1.82, 2.24) is 0 Å². The van der Waals surface area contributed by atoms with E-state index in [1.54, 1.807) is 31.2 Å². The van der Waals surface area contributed by atoms with E-state index >= 15 is 0 Å². The minimum absolute atomic E-state index is 0.200. The molecule has 1 aliphatic rings. The number of nitrogens with two attached hydrogens (primary N) is 1. The maximum atomic E-state index is 12.8. The van der Waals surface area contributed by atoms with E-state index in [9.17, 15) is 9.59 Å². The number of rotatable bonds is 6. The largest absolute Gasteiger partial charge is 0.493 e. The molecule has 1 heterocycles. The van der Waals surface area contributed by atoms with E-state index in [0.29, 0.717) is 28.5 Å². The number of amides is 2. The molecule has 2 N–H and O–H groups in total. The van der Waals surface area contributed by atoms with Gasteiger partial charge >= 0.3 is 0 Å². The minimum atomic E-state index is -0.576. The van der Waals surface area contributed by atoms with Gasteiger partial charge in [-0.15, -0.1) is 0 Å². The van der Waals surface area contributed by atoms with Gasteiger partial charge in [0.05, 0.1) is 24.1 Å². The van der Waals surface area contributed by atoms with Crippen molar-refractivity contribution >= 4 is 29.3 Å². The van der Waals surface area contributed by atoms with Gasteiger partial charge in [-0.2, -0.15) is 10.1 Å². The van der Waals surface area contributed by atoms with Gasteiger partial charge in [0.25, 0.3) is 11.8 Å². The van der Waals surface area contributed by atoms with E-state index in [0.717, 1.165) is 11.1 Å². The SMILES string of the molecule is COc1cc(/C=C2\C(=O)N(c3ccc(C)cc3)N=C2C)ccc1OCC(N)=O. The van der Waals surface area contributed by atoms with Gasteiger partial charge in [-0.25, -0.2) is 0 Å². The lowest BCUT2D eigenvalue weighted by Crippen LogP contribution is -2.21. The van der Waals surface area contributed by atoms with Gasteiger partial charge in [0.1, 0.15) is 0 Å². The van der Waals surface area contributed by atoms with Crippen molar-refractivity contribution in [3.05, 3.63) is 59.2 Å². The number of hydrazone groups is 1. The molecule has 0 fully saturated rings. The zero-order valence-electron chi connectivity index (χ0n) is 15.9. The molecule has 0 radical (unpaired) electrons. The molecule has 1 aliphatic heterocycles. The van der Waals surface area contributed by atoms with Gasteiger partial charge in [-0.3, -0.25) is 9.59 Å². The summed E-state index contributed by atoms with van der Waals surface area (Å²) in [5, 5.41) is 5.77. The van der Waals surface area contributed by atoms with Crippen LogP contribution in [0.4, 0.5) is 5.69 Å². The monoisotopic (exact) mass is 379 g/mol. The number of benzene rings is 2. The third-order valence-corrected chi connectivity index (χ3v) is 4.21. The minimum Gasteiger partial charge on any atom is -0.493 e. The van der Waals surface area contributed by atoms with E-state index in [1.165, 1.54) is 12.1 Å². The number of primary amides is 1. The number of hydrogen-bond donors (Lipinski definition) is 1. The standard InChI is InChI=1S/C21H21N3O4/c1-13-4-7-16(8-5-13)24-21(26)17(14(2)23-24)10-15-6-9-18(19(11-15)27-3)28-12-20(22)25/h4-11H,12H2,1-3H3,(H2,22,25)/b17-10-. The number of ether oxygens (including phenoxy) is 2. The molecular formula is C21H21N3O4. The quantitative estimate of drug-likeness (QED) is 0.781. The normalized spacial score (nSPS) is 15.0. The van der Waals surface area contributed by atoms with Crippen LogP contribution >= 0.6 is 0 Å². The summed E-state index contributed by atoms with van der Waals surface area (Å²) in [6.07, 6.45) is 1.75. The van der Waals surface area contributed by atoms with Crippen LogP contribution in [0.25, 0.3) is 6.08 Å². The van der Waals surface area contributed by atoms with Gasteiger partial charge in [0, 0.05) is 0 Å². The molecule has 0 unspecified atom stereocenters. The van der Waals surface area contributed by atoms with Crippen molar-refractivity contribution in [2.24, 2.45) is 10.8 Å². The van der Waals surface area contributed by atoms with E-state index in [4.69, 9.17) is 15.2 Å². The Morgan fingerprint density at radius 2 is 1.86 bits per heavy atom. The summed E-state index contributed by atoms with van der Waals surface area (Å²) >= 11 is 0. The Morgan fingerprint density at radius 1 is 1.14 bits per heavy atom. The first-order valence-corrected chi connectivity index (χ1v) is 8.66. The Labute approximate surface area is 163 Å². The first kappa shape index (κ1) is 19.2. The number of carbonyl (C=O) groups is 2. The second-order valence-electron chi connectivity index (χ2n) is 6.36. The summed E-state index contributed by atoms with van der Waals surface area (Å²) in [6, 6.07) is 12.7. The molecule has 28 heavy (non-hydrogen) atoms. The molecule has 0 aliphatic carbocycles. The number of carbonyl (C=O) groups excluding carboxylic acids is 2. The summed E-state index contributed by atoms with van der Waals surface area (Å²) in [7, 11) is 1.50. The van der Waals surface area contributed by atoms with Crippen LogP contribution in [0, 0.1) is 6.92 Å². The van der Waals surface area contributed by atoms with Crippen LogP contribution in [0.3, 0.4) is 0 Å². The van der Waals surface area contributed by atoms with E-state index in [1.807, 2.05) is 31.2 Å². The summed E-state index contributed by atoms with van der Waals surface area (Å²) in [5.41, 5.74) is 8.78. The van der Waals surface area contributed by atoms with Crippen molar-refractivity contribution in [2.45, 2.75) is 13.8 Å². The molecule has 0 bridgehead atoms.